The smallest absolute Gasteiger partial charge is 0.260 e. The first-order valence-electron chi connectivity index (χ1n) is 6.26. The van der Waals surface area contributed by atoms with Gasteiger partial charge in [0.2, 0.25) is 0 Å². The summed E-state index contributed by atoms with van der Waals surface area (Å²) in [7, 11) is 0. The highest BCUT2D eigenvalue weighted by Gasteiger charge is 2.25. The van der Waals surface area contributed by atoms with Crippen LogP contribution in [0.25, 0.3) is 0 Å². The van der Waals surface area contributed by atoms with Gasteiger partial charge in [0.25, 0.3) is 5.91 Å². The predicted molar refractivity (Wildman–Crippen MR) is 84.7 cm³/mol. The Labute approximate surface area is 126 Å². The number of thioether (sulfide) groups is 1. The van der Waals surface area contributed by atoms with Crippen molar-refractivity contribution in [3.63, 3.8) is 0 Å². The molecule has 5 heteroatoms. The van der Waals surface area contributed by atoms with Crippen molar-refractivity contribution in [2.75, 3.05) is 22.9 Å². The van der Waals surface area contributed by atoms with Gasteiger partial charge in [-0.05, 0) is 24.3 Å². The van der Waals surface area contributed by atoms with Crippen molar-refractivity contribution in [1.29, 1.82) is 0 Å². The SMILES string of the molecule is Nc1c(Cl)cccc1C(=O)N1CCSc2ccccc21. The molecule has 0 aliphatic carbocycles. The second-order valence-corrected chi connectivity index (χ2v) is 6.02. The Morgan fingerprint density at radius 2 is 2.00 bits per heavy atom. The van der Waals surface area contributed by atoms with Gasteiger partial charge in [-0.1, -0.05) is 29.8 Å². The molecular formula is C15H13ClN2OS. The molecule has 102 valence electrons. The molecule has 0 spiro atoms. The summed E-state index contributed by atoms with van der Waals surface area (Å²) in [6, 6.07) is 13.1. The molecule has 0 fully saturated rings. The zero-order valence-corrected chi connectivity index (χ0v) is 12.2. The van der Waals surface area contributed by atoms with Crippen molar-refractivity contribution in [2.45, 2.75) is 4.90 Å². The highest BCUT2D eigenvalue weighted by Crippen LogP contribution is 2.36. The number of carbonyl (C=O) groups is 1. The van der Waals surface area contributed by atoms with E-state index < -0.39 is 0 Å². The molecule has 0 bridgehead atoms. The van der Waals surface area contributed by atoms with Crippen LogP contribution in [0.2, 0.25) is 5.02 Å². The van der Waals surface area contributed by atoms with E-state index >= 15 is 0 Å². The number of benzene rings is 2. The van der Waals surface area contributed by atoms with Crippen molar-refractivity contribution in [3.05, 3.63) is 53.1 Å². The summed E-state index contributed by atoms with van der Waals surface area (Å²) in [5.41, 5.74) is 7.66. The Morgan fingerprint density at radius 1 is 1.20 bits per heavy atom. The molecule has 1 aliphatic heterocycles. The van der Waals surface area contributed by atoms with E-state index in [4.69, 9.17) is 17.3 Å². The minimum Gasteiger partial charge on any atom is -0.397 e. The molecule has 0 radical (unpaired) electrons. The highest BCUT2D eigenvalue weighted by atomic mass is 35.5. The first kappa shape index (κ1) is 13.3. The van der Waals surface area contributed by atoms with E-state index in [1.54, 1.807) is 34.9 Å². The normalized spacial score (nSPS) is 13.9. The zero-order chi connectivity index (χ0) is 14.1. The van der Waals surface area contributed by atoms with Gasteiger partial charge < -0.3 is 10.6 Å². The first-order valence-corrected chi connectivity index (χ1v) is 7.62. The number of carbonyl (C=O) groups excluding carboxylic acids is 1. The van der Waals surface area contributed by atoms with Crippen LogP contribution in [0, 0.1) is 0 Å². The fourth-order valence-electron chi connectivity index (χ4n) is 2.25. The van der Waals surface area contributed by atoms with E-state index in [0.717, 1.165) is 16.3 Å². The number of hydrogen-bond acceptors (Lipinski definition) is 3. The molecule has 3 nitrogen and oxygen atoms in total. The van der Waals surface area contributed by atoms with Crippen molar-refractivity contribution in [2.24, 2.45) is 0 Å². The summed E-state index contributed by atoms with van der Waals surface area (Å²) in [6.45, 7) is 0.673. The Kier molecular flexibility index (Phi) is 3.59. The number of hydrogen-bond donors (Lipinski definition) is 1. The number of anilines is 2. The van der Waals surface area contributed by atoms with E-state index in [0.29, 0.717) is 22.8 Å². The second kappa shape index (κ2) is 5.38. The van der Waals surface area contributed by atoms with Crippen LogP contribution >= 0.6 is 23.4 Å². The van der Waals surface area contributed by atoms with Crippen LogP contribution in [0.1, 0.15) is 10.4 Å². The molecule has 0 atom stereocenters. The molecule has 3 rings (SSSR count). The van der Waals surface area contributed by atoms with Gasteiger partial charge in [-0.3, -0.25) is 4.79 Å². The number of rotatable bonds is 1. The summed E-state index contributed by atoms with van der Waals surface area (Å²) in [4.78, 5) is 15.6. The first-order chi connectivity index (χ1) is 9.68. The van der Waals surface area contributed by atoms with Gasteiger partial charge in [0.05, 0.1) is 22.0 Å². The van der Waals surface area contributed by atoms with Crippen molar-refractivity contribution in [3.8, 4) is 0 Å². The van der Waals surface area contributed by atoms with E-state index in [9.17, 15) is 4.79 Å². The maximum Gasteiger partial charge on any atom is 0.260 e. The summed E-state index contributed by atoms with van der Waals surface area (Å²) < 4.78 is 0. The zero-order valence-electron chi connectivity index (χ0n) is 10.7. The second-order valence-electron chi connectivity index (χ2n) is 4.47. The van der Waals surface area contributed by atoms with Crippen LogP contribution in [0.15, 0.2) is 47.4 Å². The van der Waals surface area contributed by atoms with E-state index in [1.165, 1.54) is 0 Å². The fourth-order valence-corrected chi connectivity index (χ4v) is 3.42. The van der Waals surface area contributed by atoms with Gasteiger partial charge in [-0.15, -0.1) is 11.8 Å². The fraction of sp³-hybridized carbons (Fsp3) is 0.133. The average molecular weight is 305 g/mol. The number of nitrogens with two attached hydrogens (primary N) is 1. The van der Waals surface area contributed by atoms with Crippen LogP contribution in [-0.4, -0.2) is 18.2 Å². The molecule has 0 unspecified atom stereocenters. The van der Waals surface area contributed by atoms with Gasteiger partial charge >= 0.3 is 0 Å². The lowest BCUT2D eigenvalue weighted by atomic mass is 10.1. The lowest BCUT2D eigenvalue weighted by molar-refractivity contribution is 0.0988. The number of fused-ring (bicyclic) bond motifs is 1. The standard InChI is InChI=1S/C15H13ClN2OS/c16-11-5-3-4-10(14(11)17)15(19)18-8-9-20-13-7-2-1-6-12(13)18/h1-7H,8-9,17H2. The molecule has 0 saturated carbocycles. The Hall–Kier alpha value is -1.65. The molecule has 1 amide bonds. The summed E-state index contributed by atoms with van der Waals surface area (Å²) in [5.74, 6) is 0.779. The monoisotopic (exact) mass is 304 g/mol. The maximum absolute atomic E-state index is 12.7. The summed E-state index contributed by atoms with van der Waals surface area (Å²) >= 11 is 7.76. The third kappa shape index (κ3) is 2.25. The lowest BCUT2D eigenvalue weighted by Crippen LogP contribution is -2.35. The number of para-hydroxylation sites is 2. The number of nitrogen functional groups attached to an aromatic ring is 1. The van der Waals surface area contributed by atoms with Gasteiger partial charge in [-0.25, -0.2) is 0 Å². The Morgan fingerprint density at radius 3 is 2.85 bits per heavy atom. The molecule has 1 aliphatic rings. The van der Waals surface area contributed by atoms with Crippen LogP contribution in [0.4, 0.5) is 11.4 Å². The average Bonchev–Trinajstić information content (AvgIpc) is 2.49. The molecule has 0 aromatic heterocycles. The molecule has 2 aromatic carbocycles. The number of nitrogens with zero attached hydrogens (tertiary/aromatic N) is 1. The molecule has 2 N–H and O–H groups in total. The van der Waals surface area contributed by atoms with Crippen LogP contribution in [0.5, 0.6) is 0 Å². The third-order valence-corrected chi connectivity index (χ3v) is 4.63. The van der Waals surface area contributed by atoms with Gasteiger partial charge in [0.1, 0.15) is 0 Å². The Balaban J connectivity index is 2.02. The predicted octanol–water partition coefficient (Wildman–Crippen LogP) is 3.67. The van der Waals surface area contributed by atoms with Crippen LogP contribution in [0.3, 0.4) is 0 Å². The van der Waals surface area contributed by atoms with Crippen molar-refractivity contribution < 1.29 is 4.79 Å². The van der Waals surface area contributed by atoms with Gasteiger partial charge in [0, 0.05) is 17.2 Å². The molecule has 1 heterocycles. The van der Waals surface area contributed by atoms with Gasteiger partial charge in [0.15, 0.2) is 0 Å². The molecular weight excluding hydrogens is 292 g/mol. The largest absolute Gasteiger partial charge is 0.397 e. The topological polar surface area (TPSA) is 46.3 Å². The van der Waals surface area contributed by atoms with E-state index in [2.05, 4.69) is 0 Å². The molecule has 2 aromatic rings. The van der Waals surface area contributed by atoms with Gasteiger partial charge in [-0.2, -0.15) is 0 Å². The van der Waals surface area contributed by atoms with Crippen LogP contribution in [-0.2, 0) is 0 Å². The van der Waals surface area contributed by atoms with Crippen molar-refractivity contribution >= 4 is 40.6 Å². The number of halogens is 1. The van der Waals surface area contributed by atoms with Crippen molar-refractivity contribution in [1.82, 2.24) is 0 Å². The Bertz CT molecular complexity index is 675. The minimum atomic E-state index is -0.0993. The van der Waals surface area contributed by atoms with E-state index in [-0.39, 0.29) is 5.91 Å². The van der Waals surface area contributed by atoms with Crippen LogP contribution < -0.4 is 10.6 Å². The summed E-state index contributed by atoms with van der Waals surface area (Å²) in [6.07, 6.45) is 0. The minimum absolute atomic E-state index is 0.0993. The lowest BCUT2D eigenvalue weighted by Gasteiger charge is -2.29. The van der Waals surface area contributed by atoms with E-state index in [1.807, 2.05) is 24.3 Å². The maximum atomic E-state index is 12.7. The highest BCUT2D eigenvalue weighted by molar-refractivity contribution is 7.99. The molecule has 20 heavy (non-hydrogen) atoms. The third-order valence-electron chi connectivity index (χ3n) is 3.26. The number of amides is 1. The summed E-state index contributed by atoms with van der Waals surface area (Å²) in [5, 5.41) is 0.413. The quantitative estimate of drug-likeness (QED) is 0.818. The molecule has 0 saturated heterocycles.